The molecular weight excluding hydrogens is 238 g/mol. The predicted octanol–water partition coefficient (Wildman–Crippen LogP) is 2.14. The Kier molecular flexibility index (Phi) is 3.54. The van der Waals surface area contributed by atoms with Crippen molar-refractivity contribution in [3.63, 3.8) is 0 Å². The molecule has 78 valence electrons. The monoisotopic (exact) mass is 249 g/mol. The molecule has 1 aliphatic heterocycles. The maximum atomic E-state index is 5.66. The van der Waals surface area contributed by atoms with Gasteiger partial charge in [0, 0.05) is 26.2 Å². The molecule has 3 nitrogen and oxygen atoms in total. The Labute approximate surface area is 96.6 Å². The van der Waals surface area contributed by atoms with Gasteiger partial charge in [-0.05, 0) is 28.7 Å². The highest BCUT2D eigenvalue weighted by molar-refractivity contribution is 8.22. The molecule has 6 heteroatoms. The van der Waals surface area contributed by atoms with Crippen molar-refractivity contribution in [1.82, 2.24) is 9.88 Å². The van der Waals surface area contributed by atoms with Crippen molar-refractivity contribution in [2.24, 2.45) is 0 Å². The average molecular weight is 250 g/mol. The van der Waals surface area contributed by atoms with E-state index in [9.17, 15) is 0 Å². The normalized spacial score (nSPS) is 18.9. The van der Waals surface area contributed by atoms with E-state index in [-0.39, 0.29) is 0 Å². The van der Waals surface area contributed by atoms with Crippen LogP contribution in [-0.4, -0.2) is 43.1 Å². The molecule has 1 aliphatic rings. The van der Waals surface area contributed by atoms with Crippen LogP contribution in [0.5, 0.6) is 0 Å². The van der Waals surface area contributed by atoms with Gasteiger partial charge in [-0.3, -0.25) is 0 Å². The molecule has 0 bridgehead atoms. The average Bonchev–Trinajstić information content (AvgIpc) is 2.67. The van der Waals surface area contributed by atoms with Gasteiger partial charge in [-0.1, -0.05) is 11.3 Å². The van der Waals surface area contributed by atoms with Gasteiger partial charge in [0.25, 0.3) is 0 Å². The maximum Gasteiger partial charge on any atom is 0.186 e. The van der Waals surface area contributed by atoms with Crippen molar-refractivity contribution >= 4 is 38.1 Å². The summed E-state index contributed by atoms with van der Waals surface area (Å²) in [5, 5.41) is 1.10. The van der Waals surface area contributed by atoms with Crippen LogP contribution >= 0.6 is 33.0 Å². The summed E-state index contributed by atoms with van der Waals surface area (Å²) in [4.78, 5) is 9.01. The van der Waals surface area contributed by atoms with Crippen LogP contribution < -0.4 is 4.90 Å². The van der Waals surface area contributed by atoms with E-state index in [2.05, 4.69) is 21.8 Å². The van der Waals surface area contributed by atoms with Gasteiger partial charge in [-0.25, -0.2) is 4.98 Å². The third-order valence-electron chi connectivity index (χ3n) is 2.32. The van der Waals surface area contributed by atoms with Crippen LogP contribution in [0, 0.1) is 0 Å². The molecule has 0 aliphatic carbocycles. The molecule has 14 heavy (non-hydrogen) atoms. The van der Waals surface area contributed by atoms with E-state index < -0.39 is 0 Å². The molecule has 1 fully saturated rings. The van der Waals surface area contributed by atoms with Crippen LogP contribution in [0.1, 0.15) is 0 Å². The zero-order chi connectivity index (χ0) is 9.97. The van der Waals surface area contributed by atoms with E-state index in [4.69, 9.17) is 10.7 Å². The highest BCUT2D eigenvalue weighted by atomic mass is 35.7. The van der Waals surface area contributed by atoms with Crippen LogP contribution in [0.15, 0.2) is 10.4 Å². The minimum absolute atomic E-state index is 1.07. The number of thiazole rings is 1. The Morgan fingerprint density at radius 2 is 2.14 bits per heavy atom. The van der Waals surface area contributed by atoms with Gasteiger partial charge in [0.1, 0.15) is 0 Å². The number of piperazine rings is 1. The van der Waals surface area contributed by atoms with Crippen molar-refractivity contribution in [2.75, 3.05) is 38.1 Å². The summed E-state index contributed by atoms with van der Waals surface area (Å²) in [6.45, 7) is 4.36. The van der Waals surface area contributed by atoms with Crippen LogP contribution in [0.25, 0.3) is 0 Å². The molecule has 1 aromatic rings. The van der Waals surface area contributed by atoms with Crippen LogP contribution in [0.4, 0.5) is 5.13 Å². The first-order valence-electron chi connectivity index (χ1n) is 4.47. The van der Waals surface area contributed by atoms with Gasteiger partial charge >= 0.3 is 0 Å². The first-order valence-corrected chi connectivity index (χ1v) is 6.93. The molecule has 0 saturated carbocycles. The second kappa shape index (κ2) is 4.70. The first-order chi connectivity index (χ1) is 6.79. The van der Waals surface area contributed by atoms with Crippen molar-refractivity contribution < 1.29 is 0 Å². The number of anilines is 1. The molecule has 1 aromatic heterocycles. The molecule has 0 aromatic carbocycles. The van der Waals surface area contributed by atoms with Crippen molar-refractivity contribution in [2.45, 2.75) is 4.21 Å². The number of rotatable bonds is 2. The molecule has 2 heterocycles. The Balaban J connectivity index is 2.01. The summed E-state index contributed by atoms with van der Waals surface area (Å²) in [7, 11) is 9.06. The predicted molar refractivity (Wildman–Crippen MR) is 63.5 cm³/mol. The standard InChI is InChI=1S/C8H12ClN3S2/c1-11-2-4-12(5-3-11)8-10-6-7(13-8)14-9/h6H,2-5H2,1H3. The smallest absolute Gasteiger partial charge is 0.186 e. The van der Waals surface area contributed by atoms with Crippen LogP contribution in [-0.2, 0) is 0 Å². The zero-order valence-corrected chi connectivity index (χ0v) is 10.3. The van der Waals surface area contributed by atoms with E-state index in [1.807, 2.05) is 6.20 Å². The summed E-state index contributed by atoms with van der Waals surface area (Å²) in [6, 6.07) is 0. The van der Waals surface area contributed by atoms with E-state index in [1.54, 1.807) is 11.3 Å². The summed E-state index contributed by atoms with van der Waals surface area (Å²) in [6.07, 6.45) is 1.84. The van der Waals surface area contributed by atoms with Gasteiger partial charge in [-0.2, -0.15) is 0 Å². The minimum Gasteiger partial charge on any atom is -0.345 e. The largest absolute Gasteiger partial charge is 0.345 e. The quantitative estimate of drug-likeness (QED) is 0.800. The molecule has 0 amide bonds. The minimum atomic E-state index is 1.07. The van der Waals surface area contributed by atoms with Gasteiger partial charge < -0.3 is 9.80 Å². The molecular formula is C8H12ClN3S2. The zero-order valence-electron chi connectivity index (χ0n) is 7.94. The second-order valence-corrected chi connectivity index (χ2v) is 5.65. The lowest BCUT2D eigenvalue weighted by Gasteiger charge is -2.31. The number of halogens is 1. The molecule has 0 unspecified atom stereocenters. The lowest BCUT2D eigenvalue weighted by Crippen LogP contribution is -2.44. The summed E-state index contributed by atoms with van der Waals surface area (Å²) in [5.41, 5.74) is 0. The molecule has 0 N–H and O–H groups in total. The third kappa shape index (κ3) is 2.34. The number of nitrogens with zero attached hydrogens (tertiary/aromatic N) is 3. The highest BCUT2D eigenvalue weighted by Crippen LogP contribution is 2.32. The van der Waals surface area contributed by atoms with Crippen molar-refractivity contribution in [3.05, 3.63) is 6.20 Å². The Hall–Kier alpha value is 0.0300. The Morgan fingerprint density at radius 3 is 2.71 bits per heavy atom. The summed E-state index contributed by atoms with van der Waals surface area (Å²) >= 11 is 1.67. The van der Waals surface area contributed by atoms with E-state index in [1.165, 1.54) is 11.0 Å². The number of likely N-dealkylation sites (N-methyl/N-ethyl adjacent to an activating group) is 1. The molecule has 2 rings (SSSR count). The van der Waals surface area contributed by atoms with Crippen LogP contribution in [0.3, 0.4) is 0 Å². The Morgan fingerprint density at radius 1 is 1.43 bits per heavy atom. The summed E-state index contributed by atoms with van der Waals surface area (Å²) < 4.78 is 1.07. The molecule has 0 atom stereocenters. The second-order valence-electron chi connectivity index (χ2n) is 3.33. The SMILES string of the molecule is CN1CCN(c2ncc(SCl)s2)CC1. The van der Waals surface area contributed by atoms with Crippen molar-refractivity contribution in [3.8, 4) is 0 Å². The highest BCUT2D eigenvalue weighted by Gasteiger charge is 2.16. The lowest BCUT2D eigenvalue weighted by molar-refractivity contribution is 0.313. The fraction of sp³-hybridized carbons (Fsp3) is 0.625. The number of aromatic nitrogens is 1. The van der Waals surface area contributed by atoms with E-state index >= 15 is 0 Å². The molecule has 1 saturated heterocycles. The molecule has 0 spiro atoms. The van der Waals surface area contributed by atoms with E-state index in [0.717, 1.165) is 35.5 Å². The fourth-order valence-corrected chi connectivity index (χ4v) is 2.98. The lowest BCUT2D eigenvalue weighted by atomic mass is 10.3. The number of hydrogen-bond acceptors (Lipinski definition) is 5. The number of hydrogen-bond donors (Lipinski definition) is 0. The third-order valence-corrected chi connectivity index (χ3v) is 4.71. The van der Waals surface area contributed by atoms with Gasteiger partial charge in [0.15, 0.2) is 5.13 Å². The van der Waals surface area contributed by atoms with Gasteiger partial charge in [0.2, 0.25) is 0 Å². The fourth-order valence-electron chi connectivity index (χ4n) is 1.43. The molecule has 0 radical (unpaired) electrons. The van der Waals surface area contributed by atoms with Gasteiger partial charge in [-0.15, -0.1) is 0 Å². The Bertz CT molecular complexity index is 297. The summed E-state index contributed by atoms with van der Waals surface area (Å²) in [5.74, 6) is 0. The van der Waals surface area contributed by atoms with Crippen LogP contribution in [0.2, 0.25) is 0 Å². The van der Waals surface area contributed by atoms with Crippen molar-refractivity contribution in [1.29, 1.82) is 0 Å². The first kappa shape index (κ1) is 10.5. The topological polar surface area (TPSA) is 19.4 Å². The van der Waals surface area contributed by atoms with Gasteiger partial charge in [0.05, 0.1) is 10.4 Å². The maximum absolute atomic E-state index is 5.66. The van der Waals surface area contributed by atoms with E-state index in [0.29, 0.717) is 0 Å².